The van der Waals surface area contributed by atoms with E-state index >= 15 is 0 Å². The first-order valence-corrected chi connectivity index (χ1v) is 12.0. The van der Waals surface area contributed by atoms with E-state index < -0.39 is 0 Å². The number of nitrogens with zero attached hydrogens (tertiary/aromatic N) is 2. The van der Waals surface area contributed by atoms with Crippen LogP contribution in [0.2, 0.25) is 0 Å². The maximum atomic E-state index is 9.60. The van der Waals surface area contributed by atoms with E-state index in [1.165, 1.54) is 33.5 Å². The molecular formula is C27H35KN2O3S. The molecule has 0 radical (unpaired) electrons. The van der Waals surface area contributed by atoms with Crippen LogP contribution in [0.15, 0.2) is 36.5 Å². The first kappa shape index (κ1) is 29.7. The maximum Gasteiger partial charge on any atom is 1.00 e. The minimum absolute atomic E-state index is 0. The van der Waals surface area contributed by atoms with Gasteiger partial charge in [0.25, 0.3) is 6.47 Å². The number of rotatable bonds is 5. The number of hydrogen-bond acceptors (Lipinski definition) is 5. The van der Waals surface area contributed by atoms with Crippen molar-refractivity contribution in [3.05, 3.63) is 69.8 Å². The molecule has 34 heavy (non-hydrogen) atoms. The molecule has 1 aromatic heterocycles. The summed E-state index contributed by atoms with van der Waals surface area (Å²) >= 11 is 3.94. The third-order valence-electron chi connectivity index (χ3n) is 6.04. The average Bonchev–Trinajstić information content (AvgIpc) is 2.92. The average molecular weight is 507 g/mol. The minimum Gasteiger partial charge on any atom is -0.662 e. The van der Waals surface area contributed by atoms with Gasteiger partial charge in [0.1, 0.15) is 5.60 Å². The molecule has 1 fully saturated rings. The Morgan fingerprint density at radius 2 is 1.94 bits per heavy atom. The number of carbonyl (C=O) groups is 1. The van der Waals surface area contributed by atoms with Crippen LogP contribution in [0.4, 0.5) is 0 Å². The molecule has 0 bridgehead atoms. The van der Waals surface area contributed by atoms with Gasteiger partial charge >= 0.3 is 51.4 Å². The molecule has 1 aliphatic carbocycles. The van der Waals surface area contributed by atoms with E-state index in [1.54, 1.807) is 0 Å². The summed E-state index contributed by atoms with van der Waals surface area (Å²) in [7, 11) is 0. The predicted molar refractivity (Wildman–Crippen MR) is 137 cm³/mol. The zero-order valence-electron chi connectivity index (χ0n) is 21.1. The van der Waals surface area contributed by atoms with Crippen LogP contribution in [0.1, 0.15) is 73.9 Å². The van der Waals surface area contributed by atoms with Crippen molar-refractivity contribution in [1.29, 1.82) is 0 Å². The van der Waals surface area contributed by atoms with Crippen molar-refractivity contribution in [2.45, 2.75) is 58.5 Å². The molecule has 1 aromatic carbocycles. The Kier molecular flexibility index (Phi) is 12.5. The van der Waals surface area contributed by atoms with Crippen LogP contribution >= 0.6 is 12.9 Å². The molecule has 1 aliphatic heterocycles. The van der Waals surface area contributed by atoms with Gasteiger partial charge in [0.15, 0.2) is 0 Å². The summed E-state index contributed by atoms with van der Waals surface area (Å²) in [6, 6.07) is 11.1. The molecule has 0 saturated carbocycles. The molecule has 178 valence electrons. The number of thiol groups is 1. The van der Waals surface area contributed by atoms with E-state index in [0.717, 1.165) is 32.4 Å². The molecule has 1 unspecified atom stereocenters. The Hall–Kier alpha value is -0.514. The number of pyridine rings is 1. The van der Waals surface area contributed by atoms with Gasteiger partial charge in [-0.2, -0.15) is 0 Å². The van der Waals surface area contributed by atoms with Gasteiger partial charge in [-0.05, 0) is 81.3 Å². The van der Waals surface area contributed by atoms with Crippen molar-refractivity contribution in [3.8, 4) is 0 Å². The van der Waals surface area contributed by atoms with Crippen LogP contribution in [-0.2, 0) is 13.7 Å². The van der Waals surface area contributed by atoms with Crippen LogP contribution in [-0.4, -0.2) is 36.8 Å². The molecule has 0 N–H and O–H groups in total. The third kappa shape index (κ3) is 8.27. The summed E-state index contributed by atoms with van der Waals surface area (Å²) in [5.41, 5.74) is 7.47. The quantitative estimate of drug-likeness (QED) is 0.292. The molecule has 1 saturated heterocycles. The largest absolute Gasteiger partial charge is 1.00 e. The topological polar surface area (TPSA) is 62.5 Å². The molecule has 5 nitrogen and oxygen atoms in total. The van der Waals surface area contributed by atoms with Crippen molar-refractivity contribution >= 4 is 31.0 Å². The van der Waals surface area contributed by atoms with Gasteiger partial charge in [0.2, 0.25) is 0 Å². The molecule has 2 aromatic rings. The van der Waals surface area contributed by atoms with Crippen molar-refractivity contribution in [2.24, 2.45) is 5.92 Å². The molecule has 7 heteroatoms. The molecule has 2 aliphatic rings. The number of aromatic nitrogens is 1. The third-order valence-corrected chi connectivity index (χ3v) is 6.22. The van der Waals surface area contributed by atoms with Gasteiger partial charge in [0, 0.05) is 12.1 Å². The fourth-order valence-corrected chi connectivity index (χ4v) is 4.63. The summed E-state index contributed by atoms with van der Waals surface area (Å²) in [4.78, 5) is 14.5. The summed E-state index contributed by atoms with van der Waals surface area (Å²) in [6.45, 7) is 10.6. The summed E-state index contributed by atoms with van der Waals surface area (Å²) in [5.74, 6) is 0.930. The van der Waals surface area contributed by atoms with Crippen molar-refractivity contribution in [1.82, 2.24) is 4.98 Å². The molecule has 0 amide bonds. The van der Waals surface area contributed by atoms with Crippen LogP contribution in [0.25, 0.3) is 17.0 Å². The van der Waals surface area contributed by atoms with E-state index in [4.69, 9.17) is 9.17 Å². The Bertz CT molecular complexity index is 969. The van der Waals surface area contributed by atoms with E-state index in [9.17, 15) is 4.79 Å². The Morgan fingerprint density at radius 1 is 1.21 bits per heavy atom. The number of aryl methyl sites for hydroxylation is 1. The number of benzene rings is 1. The zero-order chi connectivity index (χ0) is 23.8. The Labute approximate surface area is 252 Å². The second kappa shape index (κ2) is 14.3. The summed E-state index contributed by atoms with van der Waals surface area (Å²) in [6.07, 6.45) is 7.39. The number of fused-ring (bicyclic) bond motifs is 2. The molecule has 2 heterocycles. The van der Waals surface area contributed by atoms with Crippen molar-refractivity contribution in [2.75, 3.05) is 19.7 Å². The smallest absolute Gasteiger partial charge is 0.662 e. The van der Waals surface area contributed by atoms with Gasteiger partial charge in [-0.15, -0.1) is 13.1 Å². The van der Waals surface area contributed by atoms with Crippen LogP contribution in [0.5, 0.6) is 0 Å². The second-order valence-electron chi connectivity index (χ2n) is 9.63. The zero-order valence-corrected chi connectivity index (χ0v) is 25.1. The first-order chi connectivity index (χ1) is 15.8. The monoisotopic (exact) mass is 506 g/mol. The van der Waals surface area contributed by atoms with Gasteiger partial charge in [-0.3, -0.25) is 9.78 Å². The van der Waals surface area contributed by atoms with Gasteiger partial charge in [-0.1, -0.05) is 48.7 Å². The SMILES string of the molecule is CC(C)(C)OC=O.Cc1ccc2c(c1)C=C(CCOS)c1cccnc1C2C1CC[N-]CC1.[K+]. The fourth-order valence-electron chi connectivity index (χ4n) is 4.54. The molecule has 1 atom stereocenters. The van der Waals surface area contributed by atoms with E-state index in [-0.39, 0.29) is 57.0 Å². The van der Waals surface area contributed by atoms with Crippen LogP contribution in [0, 0.1) is 12.8 Å². The second-order valence-corrected chi connectivity index (χ2v) is 9.89. The van der Waals surface area contributed by atoms with Gasteiger partial charge in [0.05, 0.1) is 12.3 Å². The number of ether oxygens (including phenoxy) is 1. The van der Waals surface area contributed by atoms with Crippen LogP contribution < -0.4 is 51.4 Å². The molecule has 0 spiro atoms. The molecule has 4 rings (SSSR count). The maximum absolute atomic E-state index is 9.60. The minimum atomic E-state index is -0.318. The standard InChI is InChI=1S/C22H25N2OS.C5H10O2.K/c1-15-4-5-19-18(13-15)14-17(8-12-25-26)20-3-2-9-24-22(20)21(19)16-6-10-23-11-7-16;1-5(2,3)7-4-6;/h2-5,9,13-14,16,21,26H,6-8,10-12H2,1H3;4H,1-3H3;/q-1;;+1. The Balaban J connectivity index is 0.000000449. The fraction of sp³-hybridized carbons (Fsp3) is 0.481. The molecular weight excluding hydrogens is 471 g/mol. The summed E-state index contributed by atoms with van der Waals surface area (Å²) in [5, 5.41) is 4.57. The van der Waals surface area contributed by atoms with Crippen LogP contribution in [0.3, 0.4) is 0 Å². The van der Waals surface area contributed by atoms with E-state index in [0.29, 0.717) is 24.9 Å². The number of hydrogen-bond donors (Lipinski definition) is 1. The van der Waals surface area contributed by atoms with E-state index in [1.807, 2.05) is 33.0 Å². The number of piperidine rings is 1. The summed E-state index contributed by atoms with van der Waals surface area (Å²) < 4.78 is 9.62. The first-order valence-electron chi connectivity index (χ1n) is 11.6. The predicted octanol–water partition coefficient (Wildman–Crippen LogP) is 3.37. The van der Waals surface area contributed by atoms with Gasteiger partial charge in [-0.25, -0.2) is 0 Å². The number of carbonyl (C=O) groups excluding carboxylic acids is 1. The van der Waals surface area contributed by atoms with Crippen molar-refractivity contribution in [3.63, 3.8) is 0 Å². The Morgan fingerprint density at radius 3 is 2.56 bits per heavy atom. The normalized spacial score (nSPS) is 17.6. The van der Waals surface area contributed by atoms with Gasteiger partial charge < -0.3 is 14.2 Å². The van der Waals surface area contributed by atoms with Crippen molar-refractivity contribution < 1.29 is 65.1 Å². The van der Waals surface area contributed by atoms with E-state index in [2.05, 4.69) is 60.2 Å².